The number of fused-ring (bicyclic) bond motifs is 1. The van der Waals surface area contributed by atoms with Crippen molar-refractivity contribution in [1.82, 2.24) is 0 Å². The normalized spacial score (nSPS) is 20.8. The van der Waals surface area contributed by atoms with Crippen molar-refractivity contribution in [2.75, 3.05) is 30.0 Å². The van der Waals surface area contributed by atoms with E-state index in [0.29, 0.717) is 13.0 Å². The summed E-state index contributed by atoms with van der Waals surface area (Å²) < 4.78 is 5.39. The average Bonchev–Trinajstić information content (AvgIpc) is 3.29. The molecule has 0 saturated carbocycles. The van der Waals surface area contributed by atoms with Crippen LogP contribution in [0.3, 0.4) is 0 Å². The van der Waals surface area contributed by atoms with E-state index >= 15 is 0 Å². The zero-order chi connectivity index (χ0) is 19.7. The van der Waals surface area contributed by atoms with E-state index in [-0.39, 0.29) is 17.9 Å². The van der Waals surface area contributed by atoms with Gasteiger partial charge >= 0.3 is 0 Å². The van der Waals surface area contributed by atoms with Crippen LogP contribution >= 0.6 is 0 Å². The molecule has 1 amide bonds. The smallest absolute Gasteiger partial charge is 0.227 e. The molecule has 2 unspecified atom stereocenters. The molecule has 0 aliphatic carbocycles. The number of anilines is 2. The molecular formula is C23H23N3O2. The van der Waals surface area contributed by atoms with Gasteiger partial charge in [0.15, 0.2) is 0 Å². The van der Waals surface area contributed by atoms with Crippen molar-refractivity contribution in [3.8, 4) is 11.8 Å². The molecule has 5 heteroatoms. The molecule has 4 rings (SSSR count). The summed E-state index contributed by atoms with van der Waals surface area (Å²) in [5.41, 5.74) is 4.00. The number of hydrogen-bond donors (Lipinski definition) is 0. The Balaban J connectivity index is 1.72. The summed E-state index contributed by atoms with van der Waals surface area (Å²) in [6, 6.07) is 16.3. The molecule has 0 spiro atoms. The van der Waals surface area contributed by atoms with Gasteiger partial charge in [-0.2, -0.15) is 5.26 Å². The molecule has 2 aromatic carbocycles. The summed E-state index contributed by atoms with van der Waals surface area (Å²) in [7, 11) is 1.64. The fraction of sp³-hybridized carbons (Fsp3) is 0.304. The van der Waals surface area contributed by atoms with Gasteiger partial charge in [-0.15, -0.1) is 6.58 Å². The predicted octanol–water partition coefficient (Wildman–Crippen LogP) is 4.18. The summed E-state index contributed by atoms with van der Waals surface area (Å²) in [4.78, 5) is 16.1. The SMILES string of the molecule is C=CCN1c2cc(OC)ccc2C(C#N)C1c1ccc(N2CCCC2=O)cc1. The van der Waals surface area contributed by atoms with Gasteiger partial charge in [0, 0.05) is 37.0 Å². The third-order valence-corrected chi connectivity index (χ3v) is 5.62. The molecule has 2 aliphatic rings. The monoisotopic (exact) mass is 373 g/mol. The summed E-state index contributed by atoms with van der Waals surface area (Å²) in [5.74, 6) is 0.671. The number of hydrogen-bond acceptors (Lipinski definition) is 4. The van der Waals surface area contributed by atoms with E-state index in [9.17, 15) is 10.1 Å². The first-order valence-electron chi connectivity index (χ1n) is 9.53. The van der Waals surface area contributed by atoms with Crippen LogP contribution in [0.1, 0.15) is 35.9 Å². The van der Waals surface area contributed by atoms with E-state index in [1.807, 2.05) is 53.4 Å². The van der Waals surface area contributed by atoms with Gasteiger partial charge in [0.1, 0.15) is 5.75 Å². The number of carbonyl (C=O) groups is 1. The Hall–Kier alpha value is -3.26. The standard InChI is InChI=1S/C23H23N3O2/c1-3-12-26-21-14-18(28-2)10-11-19(21)20(15-24)23(26)16-6-8-17(9-7-16)25-13-4-5-22(25)27/h3,6-11,14,20,23H,1,4-5,12-13H2,2H3. The number of nitrogens with zero attached hydrogens (tertiary/aromatic N) is 3. The molecule has 0 radical (unpaired) electrons. The fourth-order valence-electron chi connectivity index (χ4n) is 4.30. The van der Waals surface area contributed by atoms with Crippen molar-refractivity contribution in [3.63, 3.8) is 0 Å². The maximum atomic E-state index is 12.0. The number of rotatable bonds is 5. The van der Waals surface area contributed by atoms with Crippen LogP contribution in [0.15, 0.2) is 55.1 Å². The number of ether oxygens (including phenoxy) is 1. The summed E-state index contributed by atoms with van der Waals surface area (Å²) in [6.45, 7) is 5.30. The van der Waals surface area contributed by atoms with Crippen molar-refractivity contribution in [2.24, 2.45) is 0 Å². The molecule has 0 N–H and O–H groups in total. The van der Waals surface area contributed by atoms with Gasteiger partial charge in [0.05, 0.1) is 25.1 Å². The van der Waals surface area contributed by atoms with Crippen molar-refractivity contribution in [1.29, 1.82) is 5.26 Å². The number of methoxy groups -OCH3 is 1. The molecule has 5 nitrogen and oxygen atoms in total. The van der Waals surface area contributed by atoms with Crippen molar-refractivity contribution < 1.29 is 9.53 Å². The van der Waals surface area contributed by atoms with Crippen LogP contribution in [0.5, 0.6) is 5.75 Å². The summed E-state index contributed by atoms with van der Waals surface area (Å²) >= 11 is 0. The van der Waals surface area contributed by atoms with E-state index in [1.54, 1.807) is 7.11 Å². The first kappa shape index (κ1) is 18.1. The Morgan fingerprint density at radius 2 is 2.07 bits per heavy atom. The highest BCUT2D eigenvalue weighted by Gasteiger charge is 2.39. The molecule has 2 heterocycles. The predicted molar refractivity (Wildman–Crippen MR) is 110 cm³/mol. The quantitative estimate of drug-likeness (QED) is 0.738. The van der Waals surface area contributed by atoms with E-state index < -0.39 is 0 Å². The Morgan fingerprint density at radius 1 is 1.29 bits per heavy atom. The van der Waals surface area contributed by atoms with E-state index in [2.05, 4.69) is 17.5 Å². The van der Waals surface area contributed by atoms with Crippen LogP contribution < -0.4 is 14.5 Å². The van der Waals surface area contributed by atoms with Gasteiger partial charge in [0.2, 0.25) is 5.91 Å². The molecule has 2 atom stereocenters. The zero-order valence-electron chi connectivity index (χ0n) is 16.0. The molecule has 0 bridgehead atoms. The van der Waals surface area contributed by atoms with Crippen LogP contribution in [0.2, 0.25) is 0 Å². The number of benzene rings is 2. The Labute approximate surface area is 165 Å². The Morgan fingerprint density at radius 3 is 2.68 bits per heavy atom. The second-order valence-electron chi connectivity index (χ2n) is 7.16. The van der Waals surface area contributed by atoms with Gasteiger partial charge in [-0.1, -0.05) is 24.3 Å². The molecule has 2 aromatic rings. The number of amides is 1. The van der Waals surface area contributed by atoms with Crippen LogP contribution in [-0.4, -0.2) is 26.1 Å². The van der Waals surface area contributed by atoms with Crippen molar-refractivity contribution in [2.45, 2.75) is 24.8 Å². The van der Waals surface area contributed by atoms with Gasteiger partial charge in [-0.3, -0.25) is 4.79 Å². The lowest BCUT2D eigenvalue weighted by atomic mass is 9.91. The van der Waals surface area contributed by atoms with Gasteiger partial charge < -0.3 is 14.5 Å². The first-order valence-corrected chi connectivity index (χ1v) is 9.53. The van der Waals surface area contributed by atoms with E-state index in [1.165, 1.54) is 0 Å². The average molecular weight is 373 g/mol. The van der Waals surface area contributed by atoms with Crippen molar-refractivity contribution >= 4 is 17.3 Å². The Kier molecular flexibility index (Phi) is 4.79. The van der Waals surface area contributed by atoms with Crippen LogP contribution in [0, 0.1) is 11.3 Å². The topological polar surface area (TPSA) is 56.6 Å². The number of carbonyl (C=O) groups excluding carboxylic acids is 1. The van der Waals surface area contributed by atoms with Gasteiger partial charge in [0.25, 0.3) is 0 Å². The summed E-state index contributed by atoms with van der Waals surface area (Å²) in [6.07, 6.45) is 3.38. The minimum atomic E-state index is -0.278. The lowest BCUT2D eigenvalue weighted by Gasteiger charge is -2.28. The third kappa shape index (κ3) is 2.91. The molecule has 2 aliphatic heterocycles. The highest BCUT2D eigenvalue weighted by atomic mass is 16.5. The Bertz CT molecular complexity index is 945. The van der Waals surface area contributed by atoms with Crippen LogP contribution in [0.4, 0.5) is 11.4 Å². The molecule has 28 heavy (non-hydrogen) atoms. The minimum absolute atomic E-state index is 0.103. The molecular weight excluding hydrogens is 350 g/mol. The summed E-state index contributed by atoms with van der Waals surface area (Å²) in [5, 5.41) is 9.93. The molecule has 142 valence electrons. The number of nitriles is 1. The van der Waals surface area contributed by atoms with Crippen LogP contribution in [-0.2, 0) is 4.79 Å². The van der Waals surface area contributed by atoms with E-state index in [4.69, 9.17) is 4.74 Å². The largest absolute Gasteiger partial charge is 0.497 e. The fourth-order valence-corrected chi connectivity index (χ4v) is 4.30. The third-order valence-electron chi connectivity index (χ3n) is 5.62. The maximum Gasteiger partial charge on any atom is 0.227 e. The molecule has 1 fully saturated rings. The lowest BCUT2D eigenvalue weighted by molar-refractivity contribution is -0.117. The first-order chi connectivity index (χ1) is 13.7. The highest BCUT2D eigenvalue weighted by molar-refractivity contribution is 5.95. The second kappa shape index (κ2) is 7.40. The second-order valence-corrected chi connectivity index (χ2v) is 7.16. The maximum absolute atomic E-state index is 12.0. The van der Waals surface area contributed by atoms with Crippen LogP contribution in [0.25, 0.3) is 0 Å². The molecule has 1 saturated heterocycles. The highest BCUT2D eigenvalue weighted by Crippen LogP contribution is 2.49. The van der Waals surface area contributed by atoms with Gasteiger partial charge in [-0.05, 0) is 35.7 Å². The molecule has 0 aromatic heterocycles. The van der Waals surface area contributed by atoms with E-state index in [0.717, 1.165) is 41.2 Å². The van der Waals surface area contributed by atoms with Crippen molar-refractivity contribution in [3.05, 3.63) is 66.2 Å². The lowest BCUT2D eigenvalue weighted by Crippen LogP contribution is -2.27. The zero-order valence-corrected chi connectivity index (χ0v) is 16.0. The van der Waals surface area contributed by atoms with Gasteiger partial charge in [-0.25, -0.2) is 0 Å². The minimum Gasteiger partial charge on any atom is -0.497 e.